The molecule has 110 valence electrons. The first-order valence-electron chi connectivity index (χ1n) is 6.79. The van der Waals surface area contributed by atoms with E-state index in [1.54, 1.807) is 0 Å². The Labute approximate surface area is 133 Å². The molecule has 0 spiro atoms. The van der Waals surface area contributed by atoms with Crippen molar-refractivity contribution in [2.45, 2.75) is 20.3 Å². The summed E-state index contributed by atoms with van der Waals surface area (Å²) in [6, 6.07) is 13.6. The predicted octanol–water partition coefficient (Wildman–Crippen LogP) is 4.47. The number of ether oxygens (including phenoxy) is 1. The standard InChI is InChI=1S/C17H18BrNO2/c1-12-4-3-5-16(10-12)21-7-6-17(20)19-15-9-13(2)8-14(18)11-15/h3-5,8-11H,6-7H2,1-2H3,(H,19,20). The number of carbonyl (C=O) groups is 1. The second-order valence-corrected chi connectivity index (χ2v) is 5.90. The smallest absolute Gasteiger partial charge is 0.227 e. The minimum Gasteiger partial charge on any atom is -0.493 e. The van der Waals surface area contributed by atoms with E-state index < -0.39 is 0 Å². The van der Waals surface area contributed by atoms with Gasteiger partial charge in [-0.1, -0.05) is 28.1 Å². The van der Waals surface area contributed by atoms with Crippen molar-refractivity contribution in [2.75, 3.05) is 11.9 Å². The maximum Gasteiger partial charge on any atom is 0.227 e. The van der Waals surface area contributed by atoms with E-state index in [2.05, 4.69) is 21.2 Å². The molecular formula is C17H18BrNO2. The highest BCUT2D eigenvalue weighted by atomic mass is 79.9. The molecule has 0 saturated heterocycles. The van der Waals surface area contributed by atoms with Crippen LogP contribution in [0.4, 0.5) is 5.69 Å². The van der Waals surface area contributed by atoms with E-state index in [0.717, 1.165) is 27.0 Å². The molecule has 0 atom stereocenters. The van der Waals surface area contributed by atoms with Crippen LogP contribution in [-0.2, 0) is 4.79 Å². The van der Waals surface area contributed by atoms with E-state index >= 15 is 0 Å². The third kappa shape index (κ3) is 5.23. The molecule has 0 aliphatic rings. The Morgan fingerprint density at radius 2 is 1.95 bits per heavy atom. The first-order valence-corrected chi connectivity index (χ1v) is 7.59. The zero-order chi connectivity index (χ0) is 15.2. The zero-order valence-electron chi connectivity index (χ0n) is 12.2. The average molecular weight is 348 g/mol. The fraction of sp³-hybridized carbons (Fsp3) is 0.235. The molecule has 0 fully saturated rings. The molecule has 0 heterocycles. The van der Waals surface area contributed by atoms with Crippen LogP contribution in [0.15, 0.2) is 46.9 Å². The number of hydrogen-bond acceptors (Lipinski definition) is 2. The fourth-order valence-electron chi connectivity index (χ4n) is 2.00. The normalized spacial score (nSPS) is 10.2. The Kier molecular flexibility index (Phi) is 5.39. The van der Waals surface area contributed by atoms with Gasteiger partial charge in [-0.2, -0.15) is 0 Å². The third-order valence-electron chi connectivity index (χ3n) is 2.91. The molecule has 0 unspecified atom stereocenters. The Morgan fingerprint density at radius 1 is 1.14 bits per heavy atom. The molecule has 0 radical (unpaired) electrons. The molecular weight excluding hydrogens is 330 g/mol. The molecule has 1 amide bonds. The van der Waals surface area contributed by atoms with Crippen LogP contribution in [0.3, 0.4) is 0 Å². The molecule has 2 rings (SSSR count). The quantitative estimate of drug-likeness (QED) is 0.866. The Hall–Kier alpha value is -1.81. The first kappa shape index (κ1) is 15.6. The van der Waals surface area contributed by atoms with Gasteiger partial charge in [0.2, 0.25) is 5.91 Å². The maximum absolute atomic E-state index is 11.9. The van der Waals surface area contributed by atoms with Gasteiger partial charge in [0.05, 0.1) is 13.0 Å². The second-order valence-electron chi connectivity index (χ2n) is 4.98. The number of nitrogens with one attached hydrogen (secondary N) is 1. The van der Waals surface area contributed by atoms with Gasteiger partial charge in [-0.3, -0.25) is 4.79 Å². The van der Waals surface area contributed by atoms with Gasteiger partial charge in [0.25, 0.3) is 0 Å². The predicted molar refractivity (Wildman–Crippen MR) is 88.8 cm³/mol. The van der Waals surface area contributed by atoms with Crippen LogP contribution in [0.25, 0.3) is 0 Å². The Morgan fingerprint density at radius 3 is 2.67 bits per heavy atom. The van der Waals surface area contributed by atoms with Crippen molar-refractivity contribution in [3.8, 4) is 5.75 Å². The van der Waals surface area contributed by atoms with E-state index in [-0.39, 0.29) is 5.91 Å². The highest BCUT2D eigenvalue weighted by molar-refractivity contribution is 9.10. The van der Waals surface area contributed by atoms with Crippen LogP contribution in [0.1, 0.15) is 17.5 Å². The van der Waals surface area contributed by atoms with Crippen molar-refractivity contribution in [1.29, 1.82) is 0 Å². The molecule has 0 aromatic heterocycles. The summed E-state index contributed by atoms with van der Waals surface area (Å²) in [6.45, 7) is 4.36. The summed E-state index contributed by atoms with van der Waals surface area (Å²) >= 11 is 3.42. The third-order valence-corrected chi connectivity index (χ3v) is 3.37. The highest BCUT2D eigenvalue weighted by Crippen LogP contribution is 2.19. The van der Waals surface area contributed by atoms with Gasteiger partial charge in [0.1, 0.15) is 5.75 Å². The van der Waals surface area contributed by atoms with Crippen molar-refractivity contribution < 1.29 is 9.53 Å². The molecule has 0 aliphatic carbocycles. The molecule has 4 heteroatoms. The molecule has 0 bridgehead atoms. The summed E-state index contributed by atoms with van der Waals surface area (Å²) in [5.41, 5.74) is 3.03. The van der Waals surface area contributed by atoms with E-state index in [4.69, 9.17) is 4.74 Å². The summed E-state index contributed by atoms with van der Waals surface area (Å²) in [7, 11) is 0. The highest BCUT2D eigenvalue weighted by Gasteiger charge is 2.04. The van der Waals surface area contributed by atoms with Crippen molar-refractivity contribution >= 4 is 27.5 Å². The number of hydrogen-bond donors (Lipinski definition) is 1. The van der Waals surface area contributed by atoms with Crippen LogP contribution in [-0.4, -0.2) is 12.5 Å². The number of amides is 1. The number of benzene rings is 2. The molecule has 2 aromatic rings. The van der Waals surface area contributed by atoms with Gasteiger partial charge in [-0.15, -0.1) is 0 Å². The van der Waals surface area contributed by atoms with Crippen molar-refractivity contribution in [3.63, 3.8) is 0 Å². The zero-order valence-corrected chi connectivity index (χ0v) is 13.7. The number of aryl methyl sites for hydroxylation is 2. The van der Waals surface area contributed by atoms with E-state index in [0.29, 0.717) is 13.0 Å². The lowest BCUT2D eigenvalue weighted by Gasteiger charge is -2.09. The first-order chi connectivity index (χ1) is 10.0. The Bertz CT molecular complexity index is 620. The molecule has 2 aromatic carbocycles. The van der Waals surface area contributed by atoms with E-state index in [1.807, 2.05) is 56.3 Å². The van der Waals surface area contributed by atoms with Gasteiger partial charge >= 0.3 is 0 Å². The van der Waals surface area contributed by atoms with Crippen molar-refractivity contribution in [3.05, 3.63) is 58.1 Å². The number of carbonyl (C=O) groups excluding carboxylic acids is 1. The molecule has 1 N–H and O–H groups in total. The van der Waals surface area contributed by atoms with Crippen molar-refractivity contribution in [2.24, 2.45) is 0 Å². The summed E-state index contributed by atoms with van der Waals surface area (Å²) in [5, 5.41) is 2.87. The molecule has 3 nitrogen and oxygen atoms in total. The van der Waals surface area contributed by atoms with Crippen LogP contribution in [0, 0.1) is 13.8 Å². The van der Waals surface area contributed by atoms with Gasteiger partial charge in [0, 0.05) is 10.2 Å². The largest absolute Gasteiger partial charge is 0.493 e. The topological polar surface area (TPSA) is 38.3 Å². The molecule has 0 saturated carbocycles. The van der Waals surface area contributed by atoms with Crippen LogP contribution >= 0.6 is 15.9 Å². The minimum atomic E-state index is -0.0554. The Balaban J connectivity index is 1.82. The van der Waals surface area contributed by atoms with Gasteiger partial charge < -0.3 is 10.1 Å². The number of anilines is 1. The summed E-state index contributed by atoms with van der Waals surface area (Å²) in [5.74, 6) is 0.737. The van der Waals surface area contributed by atoms with Gasteiger partial charge in [-0.25, -0.2) is 0 Å². The summed E-state index contributed by atoms with van der Waals surface area (Å²) in [4.78, 5) is 11.9. The lowest BCUT2D eigenvalue weighted by atomic mass is 10.2. The van der Waals surface area contributed by atoms with Crippen LogP contribution in [0.2, 0.25) is 0 Å². The lowest BCUT2D eigenvalue weighted by Crippen LogP contribution is -2.15. The lowest BCUT2D eigenvalue weighted by molar-refractivity contribution is -0.116. The van der Waals surface area contributed by atoms with E-state index in [9.17, 15) is 4.79 Å². The summed E-state index contributed by atoms with van der Waals surface area (Å²) in [6.07, 6.45) is 0.319. The van der Waals surface area contributed by atoms with Gasteiger partial charge in [-0.05, 0) is 55.3 Å². The summed E-state index contributed by atoms with van der Waals surface area (Å²) < 4.78 is 6.53. The minimum absolute atomic E-state index is 0.0554. The SMILES string of the molecule is Cc1cc(Br)cc(NC(=O)CCOc2cccc(C)c2)c1. The van der Waals surface area contributed by atoms with Crippen molar-refractivity contribution in [1.82, 2.24) is 0 Å². The molecule has 0 aliphatic heterocycles. The van der Waals surface area contributed by atoms with Crippen LogP contribution in [0.5, 0.6) is 5.75 Å². The number of rotatable bonds is 5. The fourth-order valence-corrected chi connectivity index (χ4v) is 2.61. The number of halogens is 1. The maximum atomic E-state index is 11.9. The molecule has 21 heavy (non-hydrogen) atoms. The average Bonchev–Trinajstić information content (AvgIpc) is 2.37. The van der Waals surface area contributed by atoms with Crippen LogP contribution < -0.4 is 10.1 Å². The second kappa shape index (κ2) is 7.27. The van der Waals surface area contributed by atoms with Gasteiger partial charge in [0.15, 0.2) is 0 Å². The monoisotopic (exact) mass is 347 g/mol. The van der Waals surface area contributed by atoms with E-state index in [1.165, 1.54) is 0 Å².